The van der Waals surface area contributed by atoms with Crippen LogP contribution in [0.5, 0.6) is 11.5 Å². The number of carbonyl (C=O) groups excluding carboxylic acids is 2. The van der Waals surface area contributed by atoms with Crippen molar-refractivity contribution in [1.29, 1.82) is 0 Å². The fourth-order valence-electron chi connectivity index (χ4n) is 2.80. The van der Waals surface area contributed by atoms with Crippen molar-refractivity contribution in [1.82, 2.24) is 4.57 Å². The molecule has 3 rings (SSSR count). The second-order valence-electron chi connectivity index (χ2n) is 5.70. The number of esters is 1. The van der Waals surface area contributed by atoms with Crippen LogP contribution in [0.1, 0.15) is 17.3 Å². The predicted octanol–water partition coefficient (Wildman–Crippen LogP) is 3.02. The van der Waals surface area contributed by atoms with E-state index in [-0.39, 0.29) is 18.7 Å². The van der Waals surface area contributed by atoms with Gasteiger partial charge in [0.15, 0.2) is 4.80 Å². The maximum absolute atomic E-state index is 13.0. The highest BCUT2D eigenvalue weighted by Gasteiger charge is 2.19. The molecule has 1 aromatic heterocycles. The third-order valence-electron chi connectivity index (χ3n) is 4.02. The third kappa shape index (κ3) is 3.91. The number of thiazole rings is 1. The van der Waals surface area contributed by atoms with Crippen LogP contribution in [0.25, 0.3) is 10.2 Å². The summed E-state index contributed by atoms with van der Waals surface area (Å²) in [6.45, 7) is 2.00. The van der Waals surface area contributed by atoms with Gasteiger partial charge in [0.25, 0.3) is 5.91 Å². The zero-order valence-corrected chi connectivity index (χ0v) is 16.6. The molecule has 0 aliphatic carbocycles. The summed E-state index contributed by atoms with van der Waals surface area (Å²) in [7, 11) is 2.96. The quantitative estimate of drug-likeness (QED) is 0.594. The van der Waals surface area contributed by atoms with E-state index in [1.54, 1.807) is 29.7 Å². The molecule has 28 heavy (non-hydrogen) atoms. The monoisotopic (exact) mass is 400 g/mol. The molecule has 0 radical (unpaired) electrons. The lowest BCUT2D eigenvalue weighted by Gasteiger charge is -2.09. The summed E-state index contributed by atoms with van der Waals surface area (Å²) in [5, 5.41) is 0. The van der Waals surface area contributed by atoms with Crippen molar-refractivity contribution < 1.29 is 23.8 Å². The van der Waals surface area contributed by atoms with E-state index in [1.807, 2.05) is 24.3 Å². The molecule has 146 valence electrons. The number of hydrogen-bond acceptors (Lipinski definition) is 6. The van der Waals surface area contributed by atoms with E-state index in [2.05, 4.69) is 4.99 Å². The van der Waals surface area contributed by atoms with Crippen molar-refractivity contribution in [2.24, 2.45) is 4.99 Å². The van der Waals surface area contributed by atoms with Crippen LogP contribution >= 0.6 is 11.3 Å². The predicted molar refractivity (Wildman–Crippen MR) is 106 cm³/mol. The van der Waals surface area contributed by atoms with Gasteiger partial charge in [0.2, 0.25) is 0 Å². The van der Waals surface area contributed by atoms with Crippen molar-refractivity contribution in [3.05, 3.63) is 52.8 Å². The minimum Gasteiger partial charge on any atom is -0.496 e. The average molecular weight is 400 g/mol. The van der Waals surface area contributed by atoms with Crippen LogP contribution in [0.15, 0.2) is 47.5 Å². The Labute approximate surface area is 165 Å². The molecule has 0 bridgehead atoms. The Morgan fingerprint density at radius 2 is 1.71 bits per heavy atom. The number of fused-ring (bicyclic) bond motifs is 1. The molecule has 0 atom stereocenters. The van der Waals surface area contributed by atoms with Gasteiger partial charge in [-0.15, -0.1) is 0 Å². The van der Waals surface area contributed by atoms with E-state index in [0.717, 1.165) is 10.2 Å². The fourth-order valence-corrected chi connectivity index (χ4v) is 3.83. The summed E-state index contributed by atoms with van der Waals surface area (Å²) in [6.07, 6.45) is 0. The molecule has 2 aromatic carbocycles. The number of methoxy groups -OCH3 is 2. The second-order valence-corrected chi connectivity index (χ2v) is 6.71. The van der Waals surface area contributed by atoms with Crippen molar-refractivity contribution in [2.75, 3.05) is 20.8 Å². The molecule has 0 unspecified atom stereocenters. The topological polar surface area (TPSA) is 79.1 Å². The zero-order valence-electron chi connectivity index (χ0n) is 15.8. The minimum absolute atomic E-state index is 0.0347. The summed E-state index contributed by atoms with van der Waals surface area (Å²) in [5.41, 5.74) is 1.03. The highest BCUT2D eigenvalue weighted by atomic mass is 32.1. The van der Waals surface area contributed by atoms with Gasteiger partial charge in [0.05, 0.1) is 31.0 Å². The first-order valence-corrected chi connectivity index (χ1v) is 9.44. The van der Waals surface area contributed by atoms with Crippen molar-refractivity contribution >= 4 is 33.4 Å². The average Bonchev–Trinajstić information content (AvgIpc) is 3.04. The molecule has 0 saturated carbocycles. The maximum atomic E-state index is 13.0. The van der Waals surface area contributed by atoms with Gasteiger partial charge in [-0.3, -0.25) is 9.59 Å². The van der Waals surface area contributed by atoms with Crippen molar-refractivity contribution in [3.63, 3.8) is 0 Å². The van der Waals surface area contributed by atoms with E-state index in [9.17, 15) is 9.59 Å². The number of ether oxygens (including phenoxy) is 3. The molecule has 0 saturated heterocycles. The maximum Gasteiger partial charge on any atom is 0.326 e. The molecule has 3 aromatic rings. The van der Waals surface area contributed by atoms with Gasteiger partial charge >= 0.3 is 5.97 Å². The highest BCUT2D eigenvalue weighted by molar-refractivity contribution is 7.16. The van der Waals surface area contributed by atoms with E-state index in [1.165, 1.54) is 25.6 Å². The number of para-hydroxylation sites is 1. The lowest BCUT2D eigenvalue weighted by Crippen LogP contribution is -2.23. The van der Waals surface area contributed by atoms with Crippen LogP contribution in [0.3, 0.4) is 0 Å². The highest BCUT2D eigenvalue weighted by Crippen LogP contribution is 2.29. The zero-order chi connectivity index (χ0) is 20.1. The van der Waals surface area contributed by atoms with Gasteiger partial charge in [-0.25, -0.2) is 0 Å². The number of aromatic nitrogens is 1. The summed E-state index contributed by atoms with van der Waals surface area (Å²) < 4.78 is 18.2. The molecule has 0 N–H and O–H groups in total. The lowest BCUT2D eigenvalue weighted by molar-refractivity contribution is -0.143. The number of carbonyl (C=O) groups is 2. The summed E-state index contributed by atoms with van der Waals surface area (Å²) in [4.78, 5) is 29.7. The van der Waals surface area contributed by atoms with E-state index in [4.69, 9.17) is 14.2 Å². The van der Waals surface area contributed by atoms with E-state index in [0.29, 0.717) is 16.3 Å². The van der Waals surface area contributed by atoms with Crippen LogP contribution in [0, 0.1) is 0 Å². The Morgan fingerprint density at radius 1 is 1.04 bits per heavy atom. The number of hydrogen-bond donors (Lipinski definition) is 0. The van der Waals surface area contributed by atoms with Crippen LogP contribution in [-0.4, -0.2) is 37.3 Å². The molecule has 0 aliphatic heterocycles. The van der Waals surface area contributed by atoms with E-state index >= 15 is 0 Å². The molecule has 1 heterocycles. The molecule has 8 heteroatoms. The first kappa shape index (κ1) is 19.6. The first-order valence-electron chi connectivity index (χ1n) is 8.63. The van der Waals surface area contributed by atoms with Crippen LogP contribution in [0.4, 0.5) is 0 Å². The van der Waals surface area contributed by atoms with Gasteiger partial charge in [0, 0.05) is 0 Å². The number of nitrogens with zero attached hydrogens (tertiary/aromatic N) is 2. The molecule has 7 nitrogen and oxygen atoms in total. The Balaban J connectivity index is 2.14. The first-order chi connectivity index (χ1) is 13.6. The fraction of sp³-hybridized carbons (Fsp3) is 0.250. The summed E-state index contributed by atoms with van der Waals surface area (Å²) in [6, 6.07) is 12.6. The summed E-state index contributed by atoms with van der Waals surface area (Å²) >= 11 is 1.32. The largest absolute Gasteiger partial charge is 0.496 e. The third-order valence-corrected chi connectivity index (χ3v) is 5.08. The Kier molecular flexibility index (Phi) is 6.10. The normalized spacial score (nSPS) is 11.5. The minimum atomic E-state index is -0.515. The van der Waals surface area contributed by atoms with Gasteiger partial charge in [-0.1, -0.05) is 29.5 Å². The van der Waals surface area contributed by atoms with Crippen molar-refractivity contribution in [2.45, 2.75) is 13.5 Å². The molecule has 0 fully saturated rings. The van der Waals surface area contributed by atoms with Gasteiger partial charge in [0.1, 0.15) is 23.6 Å². The number of amides is 1. The Hall–Kier alpha value is -3.13. The van der Waals surface area contributed by atoms with Crippen molar-refractivity contribution in [3.8, 4) is 11.5 Å². The Morgan fingerprint density at radius 3 is 2.36 bits per heavy atom. The number of benzene rings is 2. The van der Waals surface area contributed by atoms with E-state index < -0.39 is 11.9 Å². The standard InChI is InChI=1S/C20H20N2O5S/c1-4-27-17(23)12-22-13-8-5-6-11-16(13)28-20(22)21-19(24)18-14(25-2)9-7-10-15(18)26-3/h5-11H,4,12H2,1-3H3. The van der Waals surface area contributed by atoms with Gasteiger partial charge in [-0.2, -0.15) is 4.99 Å². The lowest BCUT2D eigenvalue weighted by atomic mass is 10.1. The molecule has 1 amide bonds. The van der Waals surface area contributed by atoms with Gasteiger partial charge < -0.3 is 18.8 Å². The molecular formula is C20H20N2O5S. The van der Waals surface area contributed by atoms with Crippen LogP contribution in [0.2, 0.25) is 0 Å². The molecule has 0 aliphatic rings. The van der Waals surface area contributed by atoms with Crippen LogP contribution < -0.4 is 14.3 Å². The smallest absolute Gasteiger partial charge is 0.326 e. The van der Waals surface area contributed by atoms with Crippen LogP contribution in [-0.2, 0) is 16.1 Å². The molecular weight excluding hydrogens is 380 g/mol. The SMILES string of the molecule is CCOC(=O)Cn1c(=NC(=O)c2c(OC)cccc2OC)sc2ccccc21. The second kappa shape index (κ2) is 8.71. The number of rotatable bonds is 6. The Bertz CT molecular complexity index is 1060. The van der Waals surface area contributed by atoms with Gasteiger partial charge in [-0.05, 0) is 31.2 Å². The summed E-state index contributed by atoms with van der Waals surface area (Å²) in [5.74, 6) is -0.175. The molecule has 0 spiro atoms.